The topological polar surface area (TPSA) is 86.3 Å². The third-order valence-electron chi connectivity index (χ3n) is 4.67. The van der Waals surface area contributed by atoms with Gasteiger partial charge in [-0.15, -0.1) is 0 Å². The largest absolute Gasteiger partial charge is 0.496 e. The number of carbonyl (C=O) groups excluding carboxylic acids is 2. The maximum absolute atomic E-state index is 13.1. The lowest BCUT2D eigenvalue weighted by Crippen LogP contribution is -2.36. The smallest absolute Gasteiger partial charge is 0.337 e. The summed E-state index contributed by atoms with van der Waals surface area (Å²) < 4.78 is 20.9. The molecule has 3 rings (SSSR count). The average molecular weight is 400 g/mol. The van der Waals surface area contributed by atoms with Crippen molar-refractivity contribution in [1.29, 1.82) is 0 Å². The maximum Gasteiger partial charge on any atom is 0.337 e. The Morgan fingerprint density at radius 1 is 1.00 bits per heavy atom. The first-order valence-electron chi connectivity index (χ1n) is 9.16. The van der Waals surface area contributed by atoms with Crippen LogP contribution in [0.25, 0.3) is 0 Å². The van der Waals surface area contributed by atoms with Crippen LogP contribution in [0.2, 0.25) is 0 Å². The molecular weight excluding hydrogens is 376 g/mol. The number of amides is 1. The molecular formula is C21H24N2O6. The molecule has 0 radical (unpaired) electrons. The summed E-state index contributed by atoms with van der Waals surface area (Å²) in [6, 6.07) is 10.2. The van der Waals surface area contributed by atoms with Crippen molar-refractivity contribution in [3.63, 3.8) is 0 Å². The van der Waals surface area contributed by atoms with Crippen molar-refractivity contribution < 1.29 is 28.5 Å². The number of carbonyl (C=O) groups is 2. The number of esters is 1. The summed E-state index contributed by atoms with van der Waals surface area (Å²) in [6.45, 7) is 2.54. The van der Waals surface area contributed by atoms with E-state index in [0.29, 0.717) is 49.1 Å². The Morgan fingerprint density at radius 2 is 1.66 bits per heavy atom. The van der Waals surface area contributed by atoms with Gasteiger partial charge in [-0.05, 0) is 30.3 Å². The molecule has 1 N–H and O–H groups in total. The van der Waals surface area contributed by atoms with Gasteiger partial charge in [0.1, 0.15) is 17.1 Å². The number of anilines is 2. The number of benzene rings is 2. The molecule has 0 spiro atoms. The Balaban J connectivity index is 2.00. The van der Waals surface area contributed by atoms with E-state index in [-0.39, 0.29) is 5.56 Å². The zero-order chi connectivity index (χ0) is 20.8. The fourth-order valence-electron chi connectivity index (χ4n) is 3.22. The Kier molecular flexibility index (Phi) is 6.56. The molecule has 0 aromatic heterocycles. The normalized spacial score (nSPS) is 13.6. The Labute approximate surface area is 169 Å². The first-order chi connectivity index (χ1) is 14.1. The van der Waals surface area contributed by atoms with Gasteiger partial charge in [-0.25, -0.2) is 4.79 Å². The van der Waals surface area contributed by atoms with Gasteiger partial charge in [0.25, 0.3) is 5.91 Å². The molecule has 0 atom stereocenters. The molecule has 0 unspecified atom stereocenters. The lowest BCUT2D eigenvalue weighted by atomic mass is 10.1. The molecule has 2 aromatic carbocycles. The minimum atomic E-state index is -0.483. The molecule has 1 saturated heterocycles. The van der Waals surface area contributed by atoms with Crippen LogP contribution in [0.3, 0.4) is 0 Å². The van der Waals surface area contributed by atoms with E-state index in [1.165, 1.54) is 21.3 Å². The second kappa shape index (κ2) is 9.29. The van der Waals surface area contributed by atoms with Crippen LogP contribution in [0.5, 0.6) is 11.5 Å². The summed E-state index contributed by atoms with van der Waals surface area (Å²) in [7, 11) is 4.29. The minimum Gasteiger partial charge on any atom is -0.496 e. The average Bonchev–Trinajstić information content (AvgIpc) is 2.78. The van der Waals surface area contributed by atoms with Crippen LogP contribution in [0.4, 0.5) is 11.4 Å². The number of morpholine rings is 1. The molecule has 1 aliphatic heterocycles. The molecule has 1 amide bonds. The molecule has 8 nitrogen and oxygen atoms in total. The van der Waals surface area contributed by atoms with Gasteiger partial charge in [-0.2, -0.15) is 0 Å². The van der Waals surface area contributed by atoms with Crippen LogP contribution in [-0.2, 0) is 9.47 Å². The van der Waals surface area contributed by atoms with Crippen molar-refractivity contribution in [3.8, 4) is 11.5 Å². The molecule has 1 aliphatic rings. The first-order valence-corrected chi connectivity index (χ1v) is 9.16. The number of methoxy groups -OCH3 is 3. The van der Waals surface area contributed by atoms with Gasteiger partial charge < -0.3 is 29.2 Å². The molecule has 154 valence electrons. The van der Waals surface area contributed by atoms with Gasteiger partial charge in [0.2, 0.25) is 0 Å². The van der Waals surface area contributed by atoms with Crippen LogP contribution < -0.4 is 19.7 Å². The van der Waals surface area contributed by atoms with Crippen molar-refractivity contribution >= 4 is 23.3 Å². The SMILES string of the molecule is COC(=O)c1ccc(N2CCOCC2)c(NC(=O)c2c(OC)cccc2OC)c1. The van der Waals surface area contributed by atoms with Gasteiger partial charge in [0.05, 0.1) is 51.5 Å². The third kappa shape index (κ3) is 4.43. The van der Waals surface area contributed by atoms with Crippen molar-refractivity contribution in [2.45, 2.75) is 0 Å². The van der Waals surface area contributed by atoms with Gasteiger partial charge in [0, 0.05) is 13.1 Å². The monoisotopic (exact) mass is 400 g/mol. The van der Waals surface area contributed by atoms with Crippen LogP contribution in [0, 0.1) is 0 Å². The molecule has 29 heavy (non-hydrogen) atoms. The number of rotatable bonds is 6. The molecule has 0 saturated carbocycles. The van der Waals surface area contributed by atoms with Gasteiger partial charge in [0.15, 0.2) is 0 Å². The van der Waals surface area contributed by atoms with E-state index < -0.39 is 11.9 Å². The molecule has 0 aliphatic carbocycles. The third-order valence-corrected chi connectivity index (χ3v) is 4.67. The van der Waals surface area contributed by atoms with Crippen molar-refractivity contribution in [3.05, 3.63) is 47.5 Å². The molecule has 0 bridgehead atoms. The summed E-state index contributed by atoms with van der Waals surface area (Å²) in [6.07, 6.45) is 0. The fourth-order valence-corrected chi connectivity index (χ4v) is 3.22. The quantitative estimate of drug-likeness (QED) is 0.746. The van der Waals surface area contributed by atoms with E-state index in [4.69, 9.17) is 18.9 Å². The Morgan fingerprint density at radius 3 is 2.24 bits per heavy atom. The first kappa shape index (κ1) is 20.5. The Hall–Kier alpha value is -3.26. The predicted octanol–water partition coefficient (Wildman–Crippen LogP) is 2.58. The standard InChI is InChI=1S/C21H24N2O6/c1-26-17-5-4-6-18(27-2)19(17)20(24)22-15-13-14(21(25)28-3)7-8-16(15)23-9-11-29-12-10-23/h4-8,13H,9-12H2,1-3H3,(H,22,24). The van der Waals surface area contributed by atoms with E-state index in [2.05, 4.69) is 10.2 Å². The van der Waals surface area contributed by atoms with Crippen molar-refractivity contribution in [1.82, 2.24) is 0 Å². The number of ether oxygens (including phenoxy) is 4. The van der Waals surface area contributed by atoms with E-state index in [1.807, 2.05) is 0 Å². The van der Waals surface area contributed by atoms with E-state index in [0.717, 1.165) is 5.69 Å². The van der Waals surface area contributed by atoms with Crippen LogP contribution >= 0.6 is 0 Å². The lowest BCUT2D eigenvalue weighted by molar-refractivity contribution is 0.0600. The van der Waals surface area contributed by atoms with Gasteiger partial charge >= 0.3 is 5.97 Å². The summed E-state index contributed by atoms with van der Waals surface area (Å²) >= 11 is 0. The highest BCUT2D eigenvalue weighted by molar-refractivity contribution is 6.10. The zero-order valence-corrected chi connectivity index (χ0v) is 16.7. The second-order valence-corrected chi connectivity index (χ2v) is 6.31. The molecule has 1 heterocycles. The van der Waals surface area contributed by atoms with Gasteiger partial charge in [-0.3, -0.25) is 4.79 Å². The van der Waals surface area contributed by atoms with E-state index in [9.17, 15) is 9.59 Å². The minimum absolute atomic E-state index is 0.272. The molecule has 2 aromatic rings. The summed E-state index contributed by atoms with van der Waals surface area (Å²) in [5.74, 6) is -0.113. The lowest BCUT2D eigenvalue weighted by Gasteiger charge is -2.30. The summed E-state index contributed by atoms with van der Waals surface area (Å²) in [4.78, 5) is 27.2. The highest BCUT2D eigenvalue weighted by atomic mass is 16.5. The Bertz CT molecular complexity index is 870. The van der Waals surface area contributed by atoms with Crippen molar-refractivity contribution in [2.24, 2.45) is 0 Å². The summed E-state index contributed by atoms with van der Waals surface area (Å²) in [5.41, 5.74) is 1.90. The maximum atomic E-state index is 13.1. The molecule has 1 fully saturated rings. The summed E-state index contributed by atoms with van der Waals surface area (Å²) in [5, 5.41) is 2.90. The van der Waals surface area contributed by atoms with E-state index >= 15 is 0 Å². The number of nitrogens with zero attached hydrogens (tertiary/aromatic N) is 1. The fraction of sp³-hybridized carbons (Fsp3) is 0.333. The predicted molar refractivity (Wildman–Crippen MR) is 108 cm³/mol. The van der Waals surface area contributed by atoms with Gasteiger partial charge in [-0.1, -0.05) is 6.07 Å². The second-order valence-electron chi connectivity index (χ2n) is 6.31. The number of hydrogen-bond acceptors (Lipinski definition) is 7. The number of nitrogens with one attached hydrogen (secondary N) is 1. The highest BCUT2D eigenvalue weighted by Crippen LogP contribution is 2.32. The van der Waals surface area contributed by atoms with Crippen LogP contribution in [0.1, 0.15) is 20.7 Å². The van der Waals surface area contributed by atoms with Crippen LogP contribution in [0.15, 0.2) is 36.4 Å². The highest BCUT2D eigenvalue weighted by Gasteiger charge is 2.22. The molecule has 8 heteroatoms. The zero-order valence-electron chi connectivity index (χ0n) is 16.7. The van der Waals surface area contributed by atoms with Crippen LogP contribution in [-0.4, -0.2) is 59.5 Å². The van der Waals surface area contributed by atoms with E-state index in [1.54, 1.807) is 36.4 Å². The van der Waals surface area contributed by atoms with Crippen molar-refractivity contribution in [2.75, 3.05) is 57.8 Å². The number of hydrogen-bond donors (Lipinski definition) is 1.